The van der Waals surface area contributed by atoms with Gasteiger partial charge < -0.3 is 16.4 Å². The van der Waals surface area contributed by atoms with Crippen LogP contribution in [0.4, 0.5) is 10.2 Å². The van der Waals surface area contributed by atoms with Crippen molar-refractivity contribution in [3.05, 3.63) is 131 Å². The molecule has 0 radical (unpaired) electrons. The highest BCUT2D eigenvalue weighted by Crippen LogP contribution is 2.25. The molecule has 182 valence electrons. The summed E-state index contributed by atoms with van der Waals surface area (Å²) in [7, 11) is 0. The van der Waals surface area contributed by atoms with Gasteiger partial charge >= 0.3 is 0 Å². The maximum absolute atomic E-state index is 13.6. The fourth-order valence-corrected chi connectivity index (χ4v) is 3.96. The molecule has 1 aromatic heterocycles. The zero-order chi connectivity index (χ0) is 25.3. The molecule has 1 atom stereocenters. The van der Waals surface area contributed by atoms with Gasteiger partial charge in [0, 0.05) is 19.2 Å². The van der Waals surface area contributed by atoms with Crippen LogP contribution in [-0.2, 0) is 22.6 Å². The molecule has 4 aromatic rings. The van der Waals surface area contributed by atoms with E-state index in [4.69, 9.17) is 5.73 Å². The molecule has 3 aromatic carbocycles. The summed E-state index contributed by atoms with van der Waals surface area (Å²) < 4.78 is 13.2. The molecule has 6 nitrogen and oxygen atoms in total. The summed E-state index contributed by atoms with van der Waals surface area (Å²) >= 11 is 0. The third kappa shape index (κ3) is 6.54. The van der Waals surface area contributed by atoms with E-state index >= 15 is 0 Å². The first kappa shape index (κ1) is 24.6. The Balaban J connectivity index is 1.57. The predicted molar refractivity (Wildman–Crippen MR) is 137 cm³/mol. The number of nitrogens with zero attached hydrogens (tertiary/aromatic N) is 1. The highest BCUT2D eigenvalue weighted by molar-refractivity contribution is 5.92. The lowest BCUT2D eigenvalue weighted by Crippen LogP contribution is -2.49. The van der Waals surface area contributed by atoms with E-state index in [1.807, 2.05) is 60.7 Å². The van der Waals surface area contributed by atoms with E-state index in [-0.39, 0.29) is 30.6 Å². The summed E-state index contributed by atoms with van der Waals surface area (Å²) in [5.74, 6) is -1.22. The molecule has 0 saturated carbocycles. The van der Waals surface area contributed by atoms with Crippen molar-refractivity contribution in [2.45, 2.75) is 24.9 Å². The second kappa shape index (κ2) is 11.8. The Morgan fingerprint density at radius 3 is 1.92 bits per heavy atom. The largest absolute Gasteiger partial charge is 0.384 e. The number of pyridine rings is 1. The zero-order valence-electron chi connectivity index (χ0n) is 19.6. The Kier molecular flexibility index (Phi) is 8.03. The third-order valence-corrected chi connectivity index (χ3v) is 5.83. The minimum atomic E-state index is -0.863. The lowest BCUT2D eigenvalue weighted by Gasteiger charge is -2.23. The number of benzene rings is 3. The highest BCUT2D eigenvalue weighted by Gasteiger charge is 2.28. The van der Waals surface area contributed by atoms with Gasteiger partial charge in [0.15, 0.2) is 0 Å². The van der Waals surface area contributed by atoms with Gasteiger partial charge in [0.25, 0.3) is 0 Å². The first-order chi connectivity index (χ1) is 17.5. The van der Waals surface area contributed by atoms with E-state index in [9.17, 15) is 14.0 Å². The topological polar surface area (TPSA) is 97.1 Å². The summed E-state index contributed by atoms with van der Waals surface area (Å²) in [4.78, 5) is 31.0. The maximum Gasteiger partial charge on any atom is 0.243 e. The van der Waals surface area contributed by atoms with Crippen LogP contribution in [0.5, 0.6) is 0 Å². The number of hydrogen-bond acceptors (Lipinski definition) is 4. The lowest BCUT2D eigenvalue weighted by molar-refractivity contribution is -0.129. The summed E-state index contributed by atoms with van der Waals surface area (Å²) in [6.07, 6.45) is 1.82. The van der Waals surface area contributed by atoms with E-state index in [0.717, 1.165) is 22.3 Å². The van der Waals surface area contributed by atoms with Crippen molar-refractivity contribution >= 4 is 17.6 Å². The van der Waals surface area contributed by atoms with Gasteiger partial charge in [-0.1, -0.05) is 78.9 Å². The van der Waals surface area contributed by atoms with Crippen LogP contribution in [0.15, 0.2) is 103 Å². The normalized spacial score (nSPS) is 11.6. The molecule has 0 bridgehead atoms. The van der Waals surface area contributed by atoms with Gasteiger partial charge in [-0.05, 0) is 40.5 Å². The number of amides is 2. The van der Waals surface area contributed by atoms with Crippen LogP contribution in [0, 0.1) is 5.82 Å². The fourth-order valence-electron chi connectivity index (χ4n) is 3.96. The average Bonchev–Trinajstić information content (AvgIpc) is 2.90. The molecule has 0 aliphatic carbocycles. The Morgan fingerprint density at radius 1 is 0.778 bits per heavy atom. The molecule has 7 heteroatoms. The van der Waals surface area contributed by atoms with Crippen LogP contribution in [0.25, 0.3) is 0 Å². The summed E-state index contributed by atoms with van der Waals surface area (Å²) in [6.45, 7) is 0.201. The summed E-state index contributed by atoms with van der Waals surface area (Å²) in [5, 5.41) is 5.81. The van der Waals surface area contributed by atoms with E-state index < -0.39 is 12.0 Å². The summed E-state index contributed by atoms with van der Waals surface area (Å²) in [6, 6.07) is 27.3. The number of carbonyl (C=O) groups is 2. The molecule has 1 heterocycles. The molecule has 36 heavy (non-hydrogen) atoms. The number of hydrogen-bond donors (Lipinski definition) is 3. The van der Waals surface area contributed by atoms with E-state index in [2.05, 4.69) is 15.6 Å². The molecule has 4 N–H and O–H groups in total. The van der Waals surface area contributed by atoms with E-state index in [1.165, 1.54) is 12.1 Å². The van der Waals surface area contributed by atoms with Crippen molar-refractivity contribution in [3.63, 3.8) is 0 Å². The number of nitrogens with one attached hydrogen (secondary N) is 2. The first-order valence-corrected chi connectivity index (χ1v) is 11.6. The Labute approximate surface area is 209 Å². The molecular weight excluding hydrogens is 455 g/mol. The van der Waals surface area contributed by atoms with E-state index in [0.29, 0.717) is 5.82 Å². The van der Waals surface area contributed by atoms with Gasteiger partial charge in [-0.15, -0.1) is 0 Å². The molecule has 0 saturated heterocycles. The molecule has 0 fully saturated rings. The van der Waals surface area contributed by atoms with Gasteiger partial charge in [-0.3, -0.25) is 9.59 Å². The fraction of sp³-hybridized carbons (Fsp3) is 0.138. The Bertz CT molecular complexity index is 1240. The van der Waals surface area contributed by atoms with Crippen LogP contribution < -0.4 is 16.4 Å². The number of aromatic nitrogens is 1. The molecule has 0 spiro atoms. The standard InChI is InChI=1S/C29H27FN4O2/c30-24-14-11-20(12-15-24)18-33-28(35)25(17-21-13-16-26(31)32-19-21)34-29(36)27(22-7-3-1-4-8-22)23-9-5-2-6-10-23/h1-16,19,25,27H,17-18H2,(H2,31,32)(H,33,35)(H,34,36). The molecule has 0 aliphatic heterocycles. The molecule has 1 unspecified atom stereocenters. The van der Waals surface area contributed by atoms with Crippen molar-refractivity contribution in [1.82, 2.24) is 15.6 Å². The van der Waals surface area contributed by atoms with E-state index in [1.54, 1.807) is 30.5 Å². The number of anilines is 1. The second-order valence-corrected chi connectivity index (χ2v) is 8.46. The van der Waals surface area contributed by atoms with Gasteiger partial charge in [-0.25, -0.2) is 9.37 Å². The van der Waals surface area contributed by atoms with Crippen molar-refractivity contribution in [2.24, 2.45) is 0 Å². The van der Waals surface area contributed by atoms with Crippen molar-refractivity contribution in [3.8, 4) is 0 Å². The lowest BCUT2D eigenvalue weighted by atomic mass is 9.90. The average molecular weight is 483 g/mol. The van der Waals surface area contributed by atoms with Crippen LogP contribution in [0.3, 0.4) is 0 Å². The number of nitrogens with two attached hydrogens (primary N) is 1. The van der Waals surface area contributed by atoms with Gasteiger partial charge in [-0.2, -0.15) is 0 Å². The van der Waals surface area contributed by atoms with Crippen LogP contribution in [0.2, 0.25) is 0 Å². The minimum Gasteiger partial charge on any atom is -0.384 e. The molecular formula is C29H27FN4O2. The Morgan fingerprint density at radius 2 is 1.36 bits per heavy atom. The quantitative estimate of drug-likeness (QED) is 0.336. The van der Waals surface area contributed by atoms with Crippen LogP contribution in [0.1, 0.15) is 28.2 Å². The SMILES string of the molecule is Nc1ccc(CC(NC(=O)C(c2ccccc2)c2ccccc2)C(=O)NCc2ccc(F)cc2)cn1. The number of carbonyl (C=O) groups excluding carboxylic acids is 2. The monoisotopic (exact) mass is 482 g/mol. The maximum atomic E-state index is 13.6. The smallest absolute Gasteiger partial charge is 0.243 e. The number of halogens is 1. The van der Waals surface area contributed by atoms with Gasteiger partial charge in [0.05, 0.1) is 5.92 Å². The molecule has 0 aliphatic rings. The Hall–Kier alpha value is -4.52. The van der Waals surface area contributed by atoms with Crippen molar-refractivity contribution < 1.29 is 14.0 Å². The second-order valence-electron chi connectivity index (χ2n) is 8.46. The number of rotatable bonds is 9. The minimum absolute atomic E-state index is 0.201. The van der Waals surface area contributed by atoms with Gasteiger partial charge in [0.1, 0.15) is 17.7 Å². The summed E-state index contributed by atoms with van der Waals surface area (Å²) in [5.41, 5.74) is 8.84. The zero-order valence-corrected chi connectivity index (χ0v) is 19.6. The van der Waals surface area contributed by atoms with Crippen LogP contribution in [-0.4, -0.2) is 22.8 Å². The van der Waals surface area contributed by atoms with Gasteiger partial charge in [0.2, 0.25) is 11.8 Å². The number of nitrogen functional groups attached to an aromatic ring is 1. The van der Waals surface area contributed by atoms with Crippen LogP contribution >= 0.6 is 0 Å². The predicted octanol–water partition coefficient (Wildman–Crippen LogP) is 3.98. The third-order valence-electron chi connectivity index (χ3n) is 5.83. The van der Waals surface area contributed by atoms with Crippen molar-refractivity contribution in [1.29, 1.82) is 0 Å². The van der Waals surface area contributed by atoms with Crippen molar-refractivity contribution in [2.75, 3.05) is 5.73 Å². The molecule has 4 rings (SSSR count). The highest BCUT2D eigenvalue weighted by atomic mass is 19.1. The first-order valence-electron chi connectivity index (χ1n) is 11.6. The molecule has 2 amide bonds.